The minimum absolute atomic E-state index is 0.907. The van der Waals surface area contributed by atoms with Gasteiger partial charge in [-0.15, -0.1) is 0 Å². The fraction of sp³-hybridized carbons (Fsp3) is 0.846. The molecule has 0 N–H and O–H groups in total. The lowest BCUT2D eigenvalue weighted by Crippen LogP contribution is -1.92. The van der Waals surface area contributed by atoms with E-state index in [2.05, 4.69) is 26.8 Å². The highest BCUT2D eigenvalue weighted by Gasteiger charge is 2.20. The van der Waals surface area contributed by atoms with E-state index in [-0.39, 0.29) is 0 Å². The highest BCUT2D eigenvalue weighted by Crippen LogP contribution is 2.33. The molecule has 0 aromatic rings. The van der Waals surface area contributed by atoms with Crippen LogP contribution in [-0.2, 0) is 0 Å². The summed E-state index contributed by atoms with van der Waals surface area (Å²) in [4.78, 5) is 0. The standard InChI is InChI=1S/C11H20.C2H6/c1-4-10-5-6-11(8-10)7-9(2)3;1-2/h7,10-11H,4-6,8H2,1-3H3;1-2H3. The van der Waals surface area contributed by atoms with Crippen molar-refractivity contribution in [2.75, 3.05) is 0 Å². The molecule has 0 nitrogen and oxygen atoms in total. The van der Waals surface area contributed by atoms with Gasteiger partial charge in [-0.1, -0.05) is 38.8 Å². The maximum Gasteiger partial charge on any atom is -0.0228 e. The molecule has 0 heteroatoms. The Labute approximate surface area is 84.4 Å². The van der Waals surface area contributed by atoms with Crippen molar-refractivity contribution >= 4 is 0 Å². The van der Waals surface area contributed by atoms with Crippen LogP contribution in [0.5, 0.6) is 0 Å². The van der Waals surface area contributed by atoms with Gasteiger partial charge >= 0.3 is 0 Å². The molecule has 1 fully saturated rings. The Morgan fingerprint density at radius 3 is 2.23 bits per heavy atom. The number of hydrogen-bond donors (Lipinski definition) is 0. The second-order valence-corrected chi connectivity index (χ2v) is 4.09. The van der Waals surface area contributed by atoms with Gasteiger partial charge in [0.15, 0.2) is 0 Å². The van der Waals surface area contributed by atoms with Gasteiger partial charge in [-0.25, -0.2) is 0 Å². The molecule has 0 aromatic carbocycles. The summed E-state index contributed by atoms with van der Waals surface area (Å²) in [6.07, 6.45) is 8.18. The molecule has 0 heterocycles. The molecular formula is C13H26. The second kappa shape index (κ2) is 7.17. The molecule has 0 saturated heterocycles. The van der Waals surface area contributed by atoms with E-state index in [1.165, 1.54) is 31.3 Å². The van der Waals surface area contributed by atoms with Crippen molar-refractivity contribution in [2.45, 2.75) is 60.3 Å². The minimum Gasteiger partial charge on any atom is -0.0828 e. The maximum absolute atomic E-state index is 2.45. The molecule has 2 atom stereocenters. The van der Waals surface area contributed by atoms with Crippen LogP contribution in [0, 0.1) is 11.8 Å². The molecule has 78 valence electrons. The molecule has 0 spiro atoms. The SMILES string of the molecule is CC.CCC1CCC(C=C(C)C)C1. The van der Waals surface area contributed by atoms with E-state index in [4.69, 9.17) is 0 Å². The van der Waals surface area contributed by atoms with E-state index >= 15 is 0 Å². The largest absolute Gasteiger partial charge is 0.0828 e. The zero-order valence-electron chi connectivity index (χ0n) is 10.1. The van der Waals surface area contributed by atoms with Crippen LogP contribution in [0.4, 0.5) is 0 Å². The molecular weight excluding hydrogens is 156 g/mol. The zero-order chi connectivity index (χ0) is 10.3. The van der Waals surface area contributed by atoms with Gasteiger partial charge in [-0.2, -0.15) is 0 Å². The summed E-state index contributed by atoms with van der Waals surface area (Å²) in [6.45, 7) is 10.7. The van der Waals surface area contributed by atoms with Gasteiger partial charge in [0.1, 0.15) is 0 Å². The molecule has 0 amide bonds. The summed E-state index contributed by atoms with van der Waals surface area (Å²) in [7, 11) is 0. The van der Waals surface area contributed by atoms with Crippen LogP contribution >= 0.6 is 0 Å². The van der Waals surface area contributed by atoms with Crippen LogP contribution in [0.3, 0.4) is 0 Å². The average Bonchev–Trinajstić information content (AvgIpc) is 2.55. The molecule has 2 unspecified atom stereocenters. The van der Waals surface area contributed by atoms with Gasteiger partial charge in [-0.05, 0) is 44.9 Å². The quantitative estimate of drug-likeness (QED) is 0.538. The van der Waals surface area contributed by atoms with Gasteiger partial charge in [0.25, 0.3) is 0 Å². The van der Waals surface area contributed by atoms with Gasteiger partial charge in [-0.3, -0.25) is 0 Å². The zero-order valence-corrected chi connectivity index (χ0v) is 10.1. The predicted molar refractivity (Wildman–Crippen MR) is 61.9 cm³/mol. The van der Waals surface area contributed by atoms with Crippen molar-refractivity contribution in [3.8, 4) is 0 Å². The summed E-state index contributed by atoms with van der Waals surface area (Å²) < 4.78 is 0. The first-order valence-corrected chi connectivity index (χ1v) is 5.87. The Bertz CT molecular complexity index is 140. The lowest BCUT2D eigenvalue weighted by molar-refractivity contribution is 0.515. The fourth-order valence-electron chi connectivity index (χ4n) is 2.11. The normalized spacial score (nSPS) is 26.2. The first-order chi connectivity index (χ1) is 6.22. The number of hydrogen-bond acceptors (Lipinski definition) is 0. The lowest BCUT2D eigenvalue weighted by Gasteiger charge is -2.05. The van der Waals surface area contributed by atoms with Gasteiger partial charge in [0.2, 0.25) is 0 Å². The van der Waals surface area contributed by atoms with E-state index in [1.54, 1.807) is 0 Å². The van der Waals surface area contributed by atoms with E-state index in [0.29, 0.717) is 0 Å². The lowest BCUT2D eigenvalue weighted by atomic mass is 10.0. The Kier molecular flexibility index (Phi) is 7.03. The third-order valence-electron chi connectivity index (χ3n) is 2.73. The summed E-state index contributed by atoms with van der Waals surface area (Å²) in [5.41, 5.74) is 1.49. The van der Waals surface area contributed by atoms with Crippen LogP contribution in [0.2, 0.25) is 0 Å². The first-order valence-electron chi connectivity index (χ1n) is 5.87. The molecule has 1 aliphatic rings. The van der Waals surface area contributed by atoms with Crippen LogP contribution in [-0.4, -0.2) is 0 Å². The predicted octanol–water partition coefficient (Wildman–Crippen LogP) is 4.81. The van der Waals surface area contributed by atoms with Crippen LogP contribution < -0.4 is 0 Å². The van der Waals surface area contributed by atoms with E-state index in [0.717, 1.165) is 11.8 Å². The van der Waals surface area contributed by atoms with Gasteiger partial charge in [0.05, 0.1) is 0 Å². The second-order valence-electron chi connectivity index (χ2n) is 4.09. The molecule has 0 bridgehead atoms. The van der Waals surface area contributed by atoms with Crippen molar-refractivity contribution in [3.63, 3.8) is 0 Å². The summed E-state index contributed by atoms with van der Waals surface area (Å²) >= 11 is 0. The topological polar surface area (TPSA) is 0 Å². The van der Waals surface area contributed by atoms with E-state index < -0.39 is 0 Å². The monoisotopic (exact) mass is 182 g/mol. The van der Waals surface area contributed by atoms with Crippen LogP contribution in [0.1, 0.15) is 60.3 Å². The third kappa shape index (κ3) is 5.13. The summed E-state index contributed by atoms with van der Waals surface area (Å²) in [5.74, 6) is 1.93. The van der Waals surface area contributed by atoms with E-state index in [9.17, 15) is 0 Å². The van der Waals surface area contributed by atoms with Crippen molar-refractivity contribution in [1.29, 1.82) is 0 Å². The fourth-order valence-corrected chi connectivity index (χ4v) is 2.11. The highest BCUT2D eigenvalue weighted by atomic mass is 14.3. The van der Waals surface area contributed by atoms with Crippen molar-refractivity contribution in [1.82, 2.24) is 0 Å². The smallest absolute Gasteiger partial charge is 0.0228 e. The third-order valence-corrected chi connectivity index (χ3v) is 2.73. The first kappa shape index (κ1) is 12.7. The molecule has 1 rings (SSSR count). The van der Waals surface area contributed by atoms with Crippen molar-refractivity contribution in [3.05, 3.63) is 11.6 Å². The van der Waals surface area contributed by atoms with Crippen LogP contribution in [0.25, 0.3) is 0 Å². The molecule has 0 aromatic heterocycles. The Morgan fingerprint density at radius 2 is 1.85 bits per heavy atom. The van der Waals surface area contributed by atoms with Crippen molar-refractivity contribution < 1.29 is 0 Å². The van der Waals surface area contributed by atoms with Gasteiger partial charge < -0.3 is 0 Å². The number of allylic oxidation sites excluding steroid dienone is 2. The Hall–Kier alpha value is -0.260. The van der Waals surface area contributed by atoms with Crippen molar-refractivity contribution in [2.24, 2.45) is 11.8 Å². The highest BCUT2D eigenvalue weighted by molar-refractivity contribution is 4.99. The number of rotatable bonds is 2. The van der Waals surface area contributed by atoms with Crippen LogP contribution in [0.15, 0.2) is 11.6 Å². The average molecular weight is 182 g/mol. The van der Waals surface area contributed by atoms with E-state index in [1.807, 2.05) is 13.8 Å². The summed E-state index contributed by atoms with van der Waals surface area (Å²) in [5, 5.41) is 0. The summed E-state index contributed by atoms with van der Waals surface area (Å²) in [6, 6.07) is 0. The molecule has 0 radical (unpaired) electrons. The molecule has 1 saturated carbocycles. The molecule has 0 aliphatic heterocycles. The molecule has 13 heavy (non-hydrogen) atoms. The minimum atomic E-state index is 0.907. The Morgan fingerprint density at radius 1 is 1.23 bits per heavy atom. The molecule has 1 aliphatic carbocycles. The Balaban J connectivity index is 0.000000671. The van der Waals surface area contributed by atoms with Gasteiger partial charge in [0, 0.05) is 0 Å². The maximum atomic E-state index is 2.45.